The quantitative estimate of drug-likeness (QED) is 0.558. The molecule has 6 heteroatoms. The molecule has 16 heavy (non-hydrogen) atoms. The highest BCUT2D eigenvalue weighted by Crippen LogP contribution is 2.13. The van der Waals surface area contributed by atoms with Crippen LogP contribution in [0.2, 0.25) is 0 Å². The molecule has 0 bridgehead atoms. The Morgan fingerprint density at radius 1 is 1.50 bits per heavy atom. The molecule has 0 aromatic heterocycles. The number of nitrogens with one attached hydrogen (secondary N) is 2. The summed E-state index contributed by atoms with van der Waals surface area (Å²) in [5.74, 6) is 0.424. The molecule has 0 aromatic rings. The monoisotopic (exact) mass is 229 g/mol. The Morgan fingerprint density at radius 3 is 2.94 bits per heavy atom. The lowest BCUT2D eigenvalue weighted by Gasteiger charge is -2.21. The van der Waals surface area contributed by atoms with Gasteiger partial charge in [0.05, 0.1) is 6.54 Å². The van der Waals surface area contributed by atoms with Gasteiger partial charge in [0.25, 0.3) is 0 Å². The van der Waals surface area contributed by atoms with Crippen molar-refractivity contribution in [2.24, 2.45) is 11.7 Å². The Balaban J connectivity index is 2.03. The van der Waals surface area contributed by atoms with Crippen LogP contribution < -0.4 is 16.4 Å². The molecule has 92 valence electrons. The number of hydrogen-bond donors (Lipinski definition) is 3. The second kappa shape index (κ2) is 7.05. The number of carbonyl (C=O) groups excluding carboxylic acids is 2. The minimum Gasteiger partial charge on any atom is -0.448 e. The lowest BCUT2D eigenvalue weighted by Crippen LogP contribution is -2.35. The first-order valence-corrected chi connectivity index (χ1v) is 5.58. The lowest BCUT2D eigenvalue weighted by atomic mass is 9.96. The molecule has 0 aliphatic carbocycles. The topological polar surface area (TPSA) is 93.5 Å². The molecule has 1 fully saturated rings. The number of nitrogens with two attached hydrogens (primary N) is 1. The maximum Gasteiger partial charge on any atom is 0.404 e. The van der Waals surface area contributed by atoms with E-state index in [1.165, 1.54) is 0 Å². The molecular weight excluding hydrogens is 210 g/mol. The van der Waals surface area contributed by atoms with Crippen LogP contribution in [0.5, 0.6) is 0 Å². The van der Waals surface area contributed by atoms with Gasteiger partial charge in [-0.15, -0.1) is 0 Å². The van der Waals surface area contributed by atoms with Crippen molar-refractivity contribution in [3.63, 3.8) is 0 Å². The average molecular weight is 229 g/mol. The van der Waals surface area contributed by atoms with Gasteiger partial charge in [-0.1, -0.05) is 0 Å². The van der Waals surface area contributed by atoms with Crippen LogP contribution in [-0.2, 0) is 9.53 Å². The molecular formula is C10H19N3O3. The first kappa shape index (κ1) is 12.8. The Bertz CT molecular complexity index is 239. The minimum absolute atomic E-state index is 0.00164. The lowest BCUT2D eigenvalue weighted by molar-refractivity contribution is -0.122. The molecule has 0 radical (unpaired) electrons. The second-order valence-corrected chi connectivity index (χ2v) is 3.93. The minimum atomic E-state index is -0.814. The highest BCUT2D eigenvalue weighted by molar-refractivity contribution is 5.76. The van der Waals surface area contributed by atoms with Gasteiger partial charge >= 0.3 is 6.09 Å². The summed E-state index contributed by atoms with van der Waals surface area (Å²) in [7, 11) is 0. The molecule has 0 spiro atoms. The summed E-state index contributed by atoms with van der Waals surface area (Å²) in [5, 5.41) is 5.94. The van der Waals surface area contributed by atoms with E-state index in [2.05, 4.69) is 15.4 Å². The second-order valence-electron chi connectivity index (χ2n) is 3.93. The van der Waals surface area contributed by atoms with Crippen molar-refractivity contribution in [2.45, 2.75) is 19.3 Å². The summed E-state index contributed by atoms with van der Waals surface area (Å²) in [5.41, 5.74) is 4.78. The summed E-state index contributed by atoms with van der Waals surface area (Å²) in [6.45, 7) is 2.40. The Labute approximate surface area is 94.9 Å². The fourth-order valence-electron chi connectivity index (χ4n) is 1.77. The molecule has 1 saturated heterocycles. The highest BCUT2D eigenvalue weighted by atomic mass is 16.5. The van der Waals surface area contributed by atoms with Gasteiger partial charge in [-0.05, 0) is 31.8 Å². The number of piperidine rings is 1. The van der Waals surface area contributed by atoms with Crippen LogP contribution in [-0.4, -0.2) is 38.2 Å². The van der Waals surface area contributed by atoms with Crippen molar-refractivity contribution in [1.29, 1.82) is 0 Å². The van der Waals surface area contributed by atoms with Crippen LogP contribution in [0.3, 0.4) is 0 Å². The van der Waals surface area contributed by atoms with E-state index in [0.717, 1.165) is 25.9 Å². The molecule has 0 aromatic carbocycles. The molecule has 1 atom stereocenters. The van der Waals surface area contributed by atoms with Crippen molar-refractivity contribution in [3.8, 4) is 0 Å². The van der Waals surface area contributed by atoms with Crippen LogP contribution in [0.4, 0.5) is 4.79 Å². The van der Waals surface area contributed by atoms with E-state index in [4.69, 9.17) is 5.73 Å². The van der Waals surface area contributed by atoms with Gasteiger partial charge in [0.1, 0.15) is 6.61 Å². The van der Waals surface area contributed by atoms with Gasteiger partial charge in [-0.25, -0.2) is 4.79 Å². The largest absolute Gasteiger partial charge is 0.448 e. The third-order valence-electron chi connectivity index (χ3n) is 2.54. The van der Waals surface area contributed by atoms with Gasteiger partial charge in [0.2, 0.25) is 5.91 Å². The maximum absolute atomic E-state index is 11.4. The molecule has 4 N–H and O–H groups in total. The Morgan fingerprint density at radius 2 is 2.31 bits per heavy atom. The van der Waals surface area contributed by atoms with E-state index in [0.29, 0.717) is 18.9 Å². The number of primary amides is 1. The van der Waals surface area contributed by atoms with Gasteiger partial charge in [0, 0.05) is 6.42 Å². The third-order valence-corrected chi connectivity index (χ3v) is 2.54. The van der Waals surface area contributed by atoms with Crippen molar-refractivity contribution in [2.75, 3.05) is 26.2 Å². The van der Waals surface area contributed by atoms with Crippen LogP contribution in [0.1, 0.15) is 19.3 Å². The number of hydrogen-bond acceptors (Lipinski definition) is 4. The molecule has 1 unspecified atom stereocenters. The van der Waals surface area contributed by atoms with E-state index in [1.54, 1.807) is 0 Å². The Hall–Kier alpha value is -1.30. The summed E-state index contributed by atoms with van der Waals surface area (Å²) in [4.78, 5) is 21.7. The summed E-state index contributed by atoms with van der Waals surface area (Å²) < 4.78 is 4.49. The van der Waals surface area contributed by atoms with Gasteiger partial charge in [0.15, 0.2) is 0 Å². The highest BCUT2D eigenvalue weighted by Gasteiger charge is 2.16. The first-order chi connectivity index (χ1) is 7.68. The zero-order chi connectivity index (χ0) is 11.8. The zero-order valence-electron chi connectivity index (χ0n) is 9.33. The van der Waals surface area contributed by atoms with E-state index in [-0.39, 0.29) is 12.5 Å². The zero-order valence-corrected chi connectivity index (χ0v) is 9.33. The molecule has 0 saturated carbocycles. The van der Waals surface area contributed by atoms with Gasteiger partial charge in [-0.2, -0.15) is 0 Å². The predicted octanol–water partition coefficient (Wildman–Crippen LogP) is -0.412. The molecule has 1 aliphatic rings. The molecule has 1 heterocycles. The average Bonchev–Trinajstić information content (AvgIpc) is 2.25. The molecule has 6 nitrogen and oxygen atoms in total. The van der Waals surface area contributed by atoms with Gasteiger partial charge in [-0.3, -0.25) is 4.79 Å². The van der Waals surface area contributed by atoms with Crippen molar-refractivity contribution >= 4 is 12.0 Å². The summed E-state index contributed by atoms with van der Waals surface area (Å²) >= 11 is 0. The van der Waals surface area contributed by atoms with E-state index >= 15 is 0 Å². The maximum atomic E-state index is 11.4. The number of ether oxygens (including phenoxy) is 1. The predicted molar refractivity (Wildman–Crippen MR) is 58.8 cm³/mol. The fraction of sp³-hybridized carbons (Fsp3) is 0.800. The fourth-order valence-corrected chi connectivity index (χ4v) is 1.77. The number of amides is 2. The standard InChI is InChI=1S/C10H19N3O3/c11-10(15)16-5-4-13-9(14)6-8-2-1-3-12-7-8/h8,12H,1-7H2,(H2,11,15)(H,13,14). The normalized spacial score (nSPS) is 20.1. The summed E-state index contributed by atoms with van der Waals surface area (Å²) in [6.07, 6.45) is 1.94. The first-order valence-electron chi connectivity index (χ1n) is 5.58. The van der Waals surface area contributed by atoms with Crippen LogP contribution in [0, 0.1) is 5.92 Å². The smallest absolute Gasteiger partial charge is 0.404 e. The van der Waals surface area contributed by atoms with Crippen molar-refractivity contribution < 1.29 is 14.3 Å². The Kier molecular flexibility index (Phi) is 5.63. The SMILES string of the molecule is NC(=O)OCCNC(=O)CC1CCCNC1. The van der Waals surface area contributed by atoms with Gasteiger partial charge < -0.3 is 21.1 Å². The van der Waals surface area contributed by atoms with Crippen LogP contribution in [0.25, 0.3) is 0 Å². The number of rotatable bonds is 5. The van der Waals surface area contributed by atoms with Crippen LogP contribution >= 0.6 is 0 Å². The number of carbonyl (C=O) groups is 2. The van der Waals surface area contributed by atoms with Crippen molar-refractivity contribution in [3.05, 3.63) is 0 Å². The molecule has 2 amide bonds. The third kappa shape index (κ3) is 5.55. The van der Waals surface area contributed by atoms with E-state index < -0.39 is 6.09 Å². The van der Waals surface area contributed by atoms with E-state index in [1.807, 2.05) is 0 Å². The van der Waals surface area contributed by atoms with E-state index in [9.17, 15) is 9.59 Å². The van der Waals surface area contributed by atoms with Crippen molar-refractivity contribution in [1.82, 2.24) is 10.6 Å². The van der Waals surface area contributed by atoms with Crippen LogP contribution in [0.15, 0.2) is 0 Å². The molecule has 1 rings (SSSR count). The molecule has 1 aliphatic heterocycles. The summed E-state index contributed by atoms with van der Waals surface area (Å²) in [6, 6.07) is 0.